The van der Waals surface area contributed by atoms with Gasteiger partial charge in [-0.25, -0.2) is 0 Å². The minimum atomic E-state index is 0.788. The number of unbranched alkanes of at least 4 members (excludes halogenated alkanes) is 6. The lowest BCUT2D eigenvalue weighted by Gasteiger charge is -1.89. The van der Waals surface area contributed by atoms with Crippen LogP contribution in [0.25, 0.3) is 0 Å². The van der Waals surface area contributed by atoms with E-state index < -0.39 is 0 Å². The zero-order valence-electron chi connectivity index (χ0n) is 14.2. The first kappa shape index (κ1) is 22.6. The van der Waals surface area contributed by atoms with Crippen LogP contribution in [0.4, 0.5) is 0 Å². The van der Waals surface area contributed by atoms with Gasteiger partial charge in [-0.1, -0.05) is 76.0 Å². The Hall–Kier alpha value is -1.70. The lowest BCUT2D eigenvalue weighted by molar-refractivity contribution is -0.104. The van der Waals surface area contributed by atoms with E-state index in [1.54, 1.807) is 12.2 Å². The Morgan fingerprint density at radius 1 is 0.545 bits per heavy atom. The molecule has 0 aromatic rings. The molecule has 0 aromatic carbocycles. The number of aldehydes is 2. The van der Waals surface area contributed by atoms with Crippen LogP contribution in [-0.2, 0) is 9.59 Å². The highest BCUT2D eigenvalue weighted by Gasteiger charge is 1.80. The molecule has 0 heterocycles. The Balaban J connectivity index is 0. The topological polar surface area (TPSA) is 34.1 Å². The fourth-order valence-corrected chi connectivity index (χ4v) is 1.59. The van der Waals surface area contributed by atoms with Crippen molar-refractivity contribution < 1.29 is 9.59 Å². The van der Waals surface area contributed by atoms with E-state index in [-0.39, 0.29) is 0 Å². The summed E-state index contributed by atoms with van der Waals surface area (Å²) in [6, 6.07) is 0. The third-order valence-electron chi connectivity index (χ3n) is 2.82. The van der Waals surface area contributed by atoms with E-state index in [0.717, 1.165) is 25.4 Å². The summed E-state index contributed by atoms with van der Waals surface area (Å²) < 4.78 is 0. The fourth-order valence-electron chi connectivity index (χ4n) is 1.59. The van der Waals surface area contributed by atoms with Crippen LogP contribution < -0.4 is 0 Å². The Labute approximate surface area is 136 Å². The summed E-state index contributed by atoms with van der Waals surface area (Å²) in [5, 5.41) is 0. The monoisotopic (exact) mass is 304 g/mol. The van der Waals surface area contributed by atoms with Crippen molar-refractivity contribution in [1.29, 1.82) is 0 Å². The van der Waals surface area contributed by atoms with Gasteiger partial charge in [0.2, 0.25) is 0 Å². The second-order valence-electron chi connectivity index (χ2n) is 4.89. The standard InChI is InChI=1S/2C10H16O/c2*1-2-3-4-5-6-7-8-9-10-11/h2*6-10H,2-5H2,1H3. The van der Waals surface area contributed by atoms with Gasteiger partial charge in [0.25, 0.3) is 0 Å². The molecule has 0 fully saturated rings. The van der Waals surface area contributed by atoms with Gasteiger partial charge in [-0.3, -0.25) is 9.59 Å². The molecule has 124 valence electrons. The molecule has 0 aliphatic heterocycles. The SMILES string of the molecule is CCCCCC=CC=CC=O.CCCCCC=CC=CC=O. The van der Waals surface area contributed by atoms with Crippen molar-refractivity contribution >= 4 is 12.6 Å². The van der Waals surface area contributed by atoms with Crippen LogP contribution in [0.3, 0.4) is 0 Å². The van der Waals surface area contributed by atoms with E-state index in [1.807, 2.05) is 12.2 Å². The van der Waals surface area contributed by atoms with E-state index in [0.29, 0.717) is 0 Å². The summed E-state index contributed by atoms with van der Waals surface area (Å²) in [6.45, 7) is 4.38. The molecule has 0 spiro atoms. The van der Waals surface area contributed by atoms with E-state index in [9.17, 15) is 9.59 Å². The smallest absolute Gasteiger partial charge is 0.142 e. The Bertz CT molecular complexity index is 302. The predicted molar refractivity (Wildman–Crippen MR) is 97.0 cm³/mol. The van der Waals surface area contributed by atoms with Crippen molar-refractivity contribution in [1.82, 2.24) is 0 Å². The number of allylic oxidation sites excluding steroid dienone is 8. The third-order valence-corrected chi connectivity index (χ3v) is 2.82. The summed E-state index contributed by atoms with van der Waals surface area (Å²) in [5.41, 5.74) is 0. The van der Waals surface area contributed by atoms with Gasteiger partial charge in [0.05, 0.1) is 0 Å². The third kappa shape index (κ3) is 26.8. The molecule has 22 heavy (non-hydrogen) atoms. The van der Waals surface area contributed by atoms with Gasteiger partial charge in [0, 0.05) is 0 Å². The van der Waals surface area contributed by atoms with Gasteiger partial charge in [-0.05, 0) is 37.8 Å². The van der Waals surface area contributed by atoms with Crippen LogP contribution in [0.2, 0.25) is 0 Å². The molecule has 0 bridgehead atoms. The van der Waals surface area contributed by atoms with Crippen LogP contribution in [0.1, 0.15) is 65.2 Å². The number of hydrogen-bond acceptors (Lipinski definition) is 2. The largest absolute Gasteiger partial charge is 0.299 e. The first-order valence-electron chi connectivity index (χ1n) is 8.37. The first-order chi connectivity index (χ1) is 10.8. The van der Waals surface area contributed by atoms with E-state index in [2.05, 4.69) is 26.0 Å². The highest BCUT2D eigenvalue weighted by molar-refractivity contribution is 5.65. The molecule has 0 saturated carbocycles. The summed E-state index contributed by atoms with van der Waals surface area (Å²) in [6.07, 6.45) is 26.0. The minimum Gasteiger partial charge on any atom is -0.299 e. The lowest BCUT2D eigenvalue weighted by atomic mass is 10.2. The summed E-state index contributed by atoms with van der Waals surface area (Å²) in [4.78, 5) is 19.6. The maximum Gasteiger partial charge on any atom is 0.142 e. The van der Waals surface area contributed by atoms with Crippen LogP contribution in [0, 0.1) is 0 Å². The second kappa shape index (κ2) is 24.3. The van der Waals surface area contributed by atoms with Crippen molar-refractivity contribution in [2.24, 2.45) is 0 Å². The molecule has 2 nitrogen and oxygen atoms in total. The first-order valence-corrected chi connectivity index (χ1v) is 8.37. The second-order valence-corrected chi connectivity index (χ2v) is 4.89. The predicted octanol–water partition coefficient (Wildman–Crippen LogP) is 5.76. The van der Waals surface area contributed by atoms with Crippen LogP contribution >= 0.6 is 0 Å². The molecule has 0 amide bonds. The van der Waals surface area contributed by atoms with Gasteiger partial charge in [0.15, 0.2) is 0 Å². The molecule has 0 aliphatic carbocycles. The molecule has 0 atom stereocenters. The quantitative estimate of drug-likeness (QED) is 0.199. The molecule has 0 radical (unpaired) electrons. The van der Waals surface area contributed by atoms with Crippen molar-refractivity contribution in [3.05, 3.63) is 48.6 Å². The Kier molecular flexibility index (Phi) is 25.0. The van der Waals surface area contributed by atoms with Crippen LogP contribution in [-0.4, -0.2) is 12.6 Å². The lowest BCUT2D eigenvalue weighted by Crippen LogP contribution is -1.69. The highest BCUT2D eigenvalue weighted by atomic mass is 16.1. The Morgan fingerprint density at radius 3 is 1.27 bits per heavy atom. The van der Waals surface area contributed by atoms with Crippen molar-refractivity contribution in [3.8, 4) is 0 Å². The molecule has 0 rings (SSSR count). The summed E-state index contributed by atoms with van der Waals surface area (Å²) >= 11 is 0. The maximum absolute atomic E-state index is 9.82. The molecular weight excluding hydrogens is 272 g/mol. The molecule has 0 aliphatic rings. The van der Waals surface area contributed by atoms with Gasteiger partial charge in [-0.15, -0.1) is 0 Å². The maximum atomic E-state index is 9.82. The Morgan fingerprint density at radius 2 is 0.955 bits per heavy atom. The van der Waals surface area contributed by atoms with Crippen molar-refractivity contribution in [2.75, 3.05) is 0 Å². The molecular formula is C20H32O2. The fraction of sp³-hybridized carbons (Fsp3) is 0.500. The minimum absolute atomic E-state index is 0.788. The number of carbonyl (C=O) groups excluding carboxylic acids is 2. The van der Waals surface area contributed by atoms with Gasteiger partial charge in [0.1, 0.15) is 12.6 Å². The zero-order valence-corrected chi connectivity index (χ0v) is 14.2. The van der Waals surface area contributed by atoms with Gasteiger partial charge < -0.3 is 0 Å². The van der Waals surface area contributed by atoms with Gasteiger partial charge in [-0.2, -0.15) is 0 Å². The van der Waals surface area contributed by atoms with E-state index in [4.69, 9.17) is 0 Å². The zero-order chi connectivity index (χ0) is 16.7. The van der Waals surface area contributed by atoms with Crippen LogP contribution in [0.5, 0.6) is 0 Å². The average molecular weight is 304 g/mol. The number of rotatable bonds is 12. The molecule has 2 heteroatoms. The van der Waals surface area contributed by atoms with Crippen molar-refractivity contribution in [3.63, 3.8) is 0 Å². The molecule has 0 N–H and O–H groups in total. The highest BCUT2D eigenvalue weighted by Crippen LogP contribution is 1.99. The van der Waals surface area contributed by atoms with Crippen LogP contribution in [0.15, 0.2) is 48.6 Å². The van der Waals surface area contributed by atoms with Gasteiger partial charge >= 0.3 is 0 Å². The average Bonchev–Trinajstić information content (AvgIpc) is 2.54. The normalized spacial score (nSPS) is 11.4. The summed E-state index contributed by atoms with van der Waals surface area (Å²) in [7, 11) is 0. The summed E-state index contributed by atoms with van der Waals surface area (Å²) in [5.74, 6) is 0. The van der Waals surface area contributed by atoms with Crippen molar-refractivity contribution in [2.45, 2.75) is 65.2 Å². The molecule has 0 unspecified atom stereocenters. The van der Waals surface area contributed by atoms with E-state index in [1.165, 1.54) is 50.7 Å². The van der Waals surface area contributed by atoms with E-state index >= 15 is 0 Å². The number of carbonyl (C=O) groups is 2. The molecule has 0 saturated heterocycles. The number of hydrogen-bond donors (Lipinski definition) is 0. The molecule has 0 aromatic heterocycles.